The summed E-state index contributed by atoms with van der Waals surface area (Å²) < 4.78 is 2.35. The van der Waals surface area contributed by atoms with Gasteiger partial charge in [0.05, 0.1) is 22.4 Å². The van der Waals surface area contributed by atoms with E-state index in [2.05, 4.69) is 95.2 Å². The molecule has 0 aliphatic heterocycles. The van der Waals surface area contributed by atoms with Gasteiger partial charge in [-0.2, -0.15) is 0 Å². The minimum Gasteiger partial charge on any atom is -0.309 e. The molecule has 0 atom stereocenters. The summed E-state index contributed by atoms with van der Waals surface area (Å²) in [6.45, 7) is 0. The number of hydrogen-bond donors (Lipinski definition) is 0. The zero-order valence-electron chi connectivity index (χ0n) is 17.7. The quantitative estimate of drug-likeness (QED) is 0.378. The van der Waals surface area contributed by atoms with Crippen LogP contribution in [0.25, 0.3) is 50.0 Å². The zero-order valence-corrected chi connectivity index (χ0v) is 17.7. The molecule has 0 amide bonds. The first-order valence-electron chi connectivity index (χ1n) is 10.8. The molecule has 3 heterocycles. The molecule has 32 heavy (non-hydrogen) atoms. The monoisotopic (exact) mass is 409 g/mol. The molecule has 4 heteroatoms. The summed E-state index contributed by atoms with van der Waals surface area (Å²) in [5.74, 6) is 0. The van der Waals surface area contributed by atoms with Crippen LogP contribution in [0.2, 0.25) is 0 Å². The second-order valence-electron chi connectivity index (χ2n) is 8.07. The minimum atomic E-state index is 0.947. The van der Waals surface area contributed by atoms with Crippen molar-refractivity contribution < 1.29 is 0 Å². The lowest BCUT2D eigenvalue weighted by Crippen LogP contribution is -2.01. The third-order valence-electron chi connectivity index (χ3n) is 5.93. The van der Waals surface area contributed by atoms with E-state index >= 15 is 0 Å². The molecule has 0 spiro atoms. The van der Waals surface area contributed by atoms with Gasteiger partial charge < -0.3 is 4.57 Å². The van der Waals surface area contributed by atoms with Crippen molar-refractivity contribution in [3.63, 3.8) is 0 Å². The molecule has 0 saturated carbocycles. The van der Waals surface area contributed by atoms with E-state index in [1.54, 1.807) is 0 Å². The molecule has 3 nitrogen and oxygen atoms in total. The van der Waals surface area contributed by atoms with Crippen molar-refractivity contribution in [1.82, 2.24) is 14.5 Å². The summed E-state index contributed by atoms with van der Waals surface area (Å²) in [7, 11) is 2.15. The van der Waals surface area contributed by atoms with E-state index in [4.69, 9.17) is 0 Å². The molecule has 6 aromatic rings. The van der Waals surface area contributed by atoms with Gasteiger partial charge in [-0.1, -0.05) is 47.9 Å². The number of aromatic nitrogens is 3. The van der Waals surface area contributed by atoms with Gasteiger partial charge in [0.2, 0.25) is 0 Å². The van der Waals surface area contributed by atoms with Gasteiger partial charge in [0, 0.05) is 40.0 Å². The van der Waals surface area contributed by atoms with E-state index in [9.17, 15) is 0 Å². The number of hydrogen-bond acceptors (Lipinski definition) is 2. The van der Waals surface area contributed by atoms with Gasteiger partial charge >= 0.3 is 0 Å². The predicted octanol–water partition coefficient (Wildman–Crippen LogP) is 5.17. The van der Waals surface area contributed by atoms with Gasteiger partial charge in [-0.3, -0.25) is 9.97 Å². The summed E-state index contributed by atoms with van der Waals surface area (Å²) in [5, 5.41) is 2.53. The van der Waals surface area contributed by atoms with Crippen molar-refractivity contribution in [3.8, 4) is 28.2 Å². The fraction of sp³-hybridized carbons (Fsp3) is 0. The van der Waals surface area contributed by atoms with Crippen LogP contribution in [0.1, 0.15) is 0 Å². The second kappa shape index (κ2) is 7.50. The van der Waals surface area contributed by atoms with Gasteiger partial charge in [0.1, 0.15) is 7.85 Å². The topological polar surface area (TPSA) is 30.7 Å². The van der Waals surface area contributed by atoms with Crippen molar-refractivity contribution in [2.24, 2.45) is 0 Å². The Labute approximate surface area is 187 Å². The van der Waals surface area contributed by atoms with Crippen LogP contribution in [0.5, 0.6) is 0 Å². The summed E-state index contributed by atoms with van der Waals surface area (Å²) >= 11 is 0. The van der Waals surface area contributed by atoms with E-state index in [-0.39, 0.29) is 0 Å². The average Bonchev–Trinajstić information content (AvgIpc) is 3.18. The van der Waals surface area contributed by atoms with Gasteiger partial charge in [-0.25, -0.2) is 0 Å². The molecule has 0 aliphatic rings. The first-order chi connectivity index (χ1) is 15.8. The largest absolute Gasteiger partial charge is 0.309 e. The highest BCUT2D eigenvalue weighted by atomic mass is 15.0. The Morgan fingerprint density at radius 1 is 0.562 bits per heavy atom. The third-order valence-corrected chi connectivity index (χ3v) is 5.93. The van der Waals surface area contributed by atoms with Crippen molar-refractivity contribution in [1.29, 1.82) is 0 Å². The Kier molecular flexibility index (Phi) is 4.36. The zero-order chi connectivity index (χ0) is 21.5. The first kappa shape index (κ1) is 18.6. The molecular formula is C28H20BN3. The number of benzene rings is 3. The Hall–Kier alpha value is -4.18. The fourth-order valence-corrected chi connectivity index (χ4v) is 4.47. The molecule has 3 aromatic heterocycles. The predicted molar refractivity (Wildman–Crippen MR) is 135 cm³/mol. The second-order valence-corrected chi connectivity index (χ2v) is 8.07. The van der Waals surface area contributed by atoms with Crippen molar-refractivity contribution in [2.45, 2.75) is 0 Å². The number of rotatable bonds is 3. The standard InChI is InChI=1S/C28H20BN3/c29-21-11-12-28-24(18-21)23-7-1-2-10-27(23)32(28)22-16-19(25-8-3-5-13-30-25)15-20(17-22)26-9-4-6-14-31-26/h1-18H,29H2. The van der Waals surface area contributed by atoms with E-state index in [0.29, 0.717) is 0 Å². The maximum Gasteiger partial charge on any atom is 0.139 e. The first-order valence-corrected chi connectivity index (χ1v) is 10.8. The highest BCUT2D eigenvalue weighted by Gasteiger charge is 2.14. The number of nitrogens with zero attached hydrogens (tertiary/aromatic N) is 3. The summed E-state index contributed by atoms with van der Waals surface area (Å²) in [5.41, 5.74) is 8.79. The van der Waals surface area contributed by atoms with Crippen LogP contribution in [0.3, 0.4) is 0 Å². The summed E-state index contributed by atoms with van der Waals surface area (Å²) in [4.78, 5) is 9.23. The number of para-hydroxylation sites is 1. The van der Waals surface area contributed by atoms with Crippen LogP contribution in [0, 0.1) is 0 Å². The van der Waals surface area contributed by atoms with Crippen molar-refractivity contribution in [3.05, 3.63) is 109 Å². The molecule has 0 radical (unpaired) electrons. The Morgan fingerprint density at radius 2 is 1.19 bits per heavy atom. The minimum absolute atomic E-state index is 0.947. The molecule has 0 aliphatic carbocycles. The highest BCUT2D eigenvalue weighted by Crippen LogP contribution is 2.34. The molecule has 0 bridgehead atoms. The van der Waals surface area contributed by atoms with Crippen LogP contribution >= 0.6 is 0 Å². The summed E-state index contributed by atoms with van der Waals surface area (Å²) in [6, 6.07) is 34.0. The maximum atomic E-state index is 4.61. The van der Waals surface area contributed by atoms with Crippen molar-refractivity contribution >= 4 is 35.1 Å². The van der Waals surface area contributed by atoms with E-state index < -0.39 is 0 Å². The average molecular weight is 409 g/mol. The molecule has 0 N–H and O–H groups in total. The van der Waals surface area contributed by atoms with Gasteiger partial charge in [0.15, 0.2) is 0 Å². The van der Waals surface area contributed by atoms with Crippen LogP contribution < -0.4 is 5.46 Å². The lowest BCUT2D eigenvalue weighted by atomic mass is 9.94. The van der Waals surface area contributed by atoms with E-state index in [0.717, 1.165) is 28.2 Å². The Balaban J connectivity index is 1.70. The number of pyridine rings is 2. The molecule has 150 valence electrons. The van der Waals surface area contributed by atoms with E-state index in [1.165, 1.54) is 27.3 Å². The SMILES string of the molecule is Bc1ccc2c(c1)c1ccccc1n2-c1cc(-c2ccccn2)cc(-c2ccccn2)c1. The Bertz CT molecular complexity index is 1510. The van der Waals surface area contributed by atoms with Gasteiger partial charge in [0.25, 0.3) is 0 Å². The Morgan fingerprint density at radius 3 is 1.84 bits per heavy atom. The maximum absolute atomic E-state index is 4.61. The molecule has 0 fully saturated rings. The normalized spacial score (nSPS) is 11.2. The smallest absolute Gasteiger partial charge is 0.139 e. The van der Waals surface area contributed by atoms with Crippen molar-refractivity contribution in [2.75, 3.05) is 0 Å². The van der Waals surface area contributed by atoms with Gasteiger partial charge in [-0.15, -0.1) is 0 Å². The van der Waals surface area contributed by atoms with Gasteiger partial charge in [-0.05, 0) is 54.6 Å². The molecule has 6 rings (SSSR count). The lowest BCUT2D eigenvalue weighted by molar-refractivity contribution is 1.18. The fourth-order valence-electron chi connectivity index (χ4n) is 4.47. The molecule has 3 aromatic carbocycles. The third kappa shape index (κ3) is 3.09. The van der Waals surface area contributed by atoms with Crippen LogP contribution in [-0.4, -0.2) is 22.4 Å². The highest BCUT2D eigenvalue weighted by molar-refractivity contribution is 6.33. The summed E-state index contributed by atoms with van der Waals surface area (Å²) in [6.07, 6.45) is 3.68. The van der Waals surface area contributed by atoms with Crippen LogP contribution in [-0.2, 0) is 0 Å². The molecule has 0 unspecified atom stereocenters. The van der Waals surface area contributed by atoms with E-state index in [1.807, 2.05) is 36.7 Å². The van der Waals surface area contributed by atoms with Crippen LogP contribution in [0.15, 0.2) is 109 Å². The lowest BCUT2D eigenvalue weighted by Gasteiger charge is -2.13. The number of fused-ring (bicyclic) bond motifs is 3. The molecule has 0 saturated heterocycles. The van der Waals surface area contributed by atoms with Crippen LogP contribution in [0.4, 0.5) is 0 Å². The molecular weight excluding hydrogens is 389 g/mol.